The molecule has 0 spiro atoms. The topological polar surface area (TPSA) is 93.1 Å². The highest BCUT2D eigenvalue weighted by Gasteiger charge is 2.16. The van der Waals surface area contributed by atoms with Crippen LogP contribution in [0.2, 0.25) is 0 Å². The first-order valence-corrected chi connectivity index (χ1v) is 10.5. The molecule has 0 saturated carbocycles. The van der Waals surface area contributed by atoms with Crippen molar-refractivity contribution in [3.63, 3.8) is 0 Å². The first-order chi connectivity index (χ1) is 15.3. The van der Waals surface area contributed by atoms with E-state index in [0.717, 1.165) is 49.5 Å². The molecule has 31 heavy (non-hydrogen) atoms. The van der Waals surface area contributed by atoms with E-state index in [0.29, 0.717) is 5.82 Å². The molecule has 8 heteroatoms. The largest absolute Gasteiger partial charge is 0.337 e. The lowest BCUT2D eigenvalue weighted by Crippen LogP contribution is -1.93. The molecule has 0 amide bonds. The Hall–Kier alpha value is -4.04. The Labute approximate surface area is 180 Å². The van der Waals surface area contributed by atoms with Crippen LogP contribution in [-0.4, -0.2) is 34.9 Å². The van der Waals surface area contributed by atoms with Gasteiger partial charge in [0.05, 0.1) is 27.8 Å². The van der Waals surface area contributed by atoms with Crippen LogP contribution in [-0.2, 0) is 0 Å². The maximum Gasteiger partial charge on any atom is 0.158 e. The lowest BCUT2D eigenvalue weighted by molar-refractivity contribution is 1.18. The number of aryl methyl sites for hydroxylation is 1. The van der Waals surface area contributed by atoms with Gasteiger partial charge >= 0.3 is 0 Å². The molecular weight excluding hydrogens is 406 g/mol. The van der Waals surface area contributed by atoms with Crippen LogP contribution in [0.3, 0.4) is 0 Å². The minimum atomic E-state index is 0.674. The summed E-state index contributed by atoms with van der Waals surface area (Å²) >= 11 is 1.71. The summed E-state index contributed by atoms with van der Waals surface area (Å²) in [7, 11) is 0. The van der Waals surface area contributed by atoms with Crippen molar-refractivity contribution < 1.29 is 0 Å². The fraction of sp³-hybridized carbons (Fsp3) is 0.0435. The summed E-state index contributed by atoms with van der Waals surface area (Å²) in [6.45, 7) is 2.09. The second-order valence-corrected chi connectivity index (χ2v) is 8.39. The van der Waals surface area contributed by atoms with Crippen molar-refractivity contribution >= 4 is 33.3 Å². The quantitative estimate of drug-likeness (QED) is 0.429. The number of H-pyrrole nitrogens is 1. The van der Waals surface area contributed by atoms with Crippen molar-refractivity contribution in [2.75, 3.05) is 0 Å². The molecule has 0 aliphatic rings. The highest BCUT2D eigenvalue weighted by molar-refractivity contribution is 7.15. The molecule has 6 aromatic heterocycles. The Kier molecular flexibility index (Phi) is 4.03. The number of aromatic nitrogens is 7. The van der Waals surface area contributed by atoms with E-state index in [1.807, 2.05) is 24.3 Å². The number of rotatable bonds is 3. The smallest absolute Gasteiger partial charge is 0.158 e. The van der Waals surface area contributed by atoms with Crippen molar-refractivity contribution in [3.8, 4) is 33.3 Å². The van der Waals surface area contributed by atoms with Crippen LogP contribution in [0.25, 0.3) is 55.3 Å². The Morgan fingerprint density at radius 3 is 2.71 bits per heavy atom. The van der Waals surface area contributed by atoms with Crippen LogP contribution in [0.5, 0.6) is 0 Å². The molecule has 0 aromatic carbocycles. The SMILES string of the molecule is Cc1ccc(-c2nccc3[nH]c(-c4ncnc5cnc(-c6cccnc6)cc45)nc23)s1. The van der Waals surface area contributed by atoms with E-state index in [4.69, 9.17) is 4.98 Å². The van der Waals surface area contributed by atoms with Gasteiger partial charge in [-0.25, -0.2) is 15.0 Å². The number of hydrogen-bond donors (Lipinski definition) is 1. The van der Waals surface area contributed by atoms with Gasteiger partial charge in [0.2, 0.25) is 0 Å². The van der Waals surface area contributed by atoms with Gasteiger partial charge in [-0.1, -0.05) is 0 Å². The van der Waals surface area contributed by atoms with Crippen molar-refractivity contribution in [2.24, 2.45) is 0 Å². The molecular formula is C23H15N7S. The summed E-state index contributed by atoms with van der Waals surface area (Å²) in [6.07, 6.45) is 8.64. The first-order valence-electron chi connectivity index (χ1n) is 9.69. The number of hydrogen-bond acceptors (Lipinski definition) is 7. The second-order valence-electron chi connectivity index (χ2n) is 7.10. The summed E-state index contributed by atoms with van der Waals surface area (Å²) in [6, 6.07) is 12.0. The third-order valence-corrected chi connectivity index (χ3v) is 6.09. The minimum Gasteiger partial charge on any atom is -0.337 e. The lowest BCUT2D eigenvalue weighted by atomic mass is 10.1. The zero-order valence-electron chi connectivity index (χ0n) is 16.4. The number of nitrogens with zero attached hydrogens (tertiary/aromatic N) is 6. The van der Waals surface area contributed by atoms with Gasteiger partial charge in [-0.05, 0) is 43.3 Å². The number of imidazole rings is 1. The lowest BCUT2D eigenvalue weighted by Gasteiger charge is -2.05. The molecule has 6 rings (SSSR count). The fourth-order valence-corrected chi connectivity index (χ4v) is 4.47. The first kappa shape index (κ1) is 17.8. The summed E-state index contributed by atoms with van der Waals surface area (Å²) in [5.74, 6) is 0.674. The summed E-state index contributed by atoms with van der Waals surface area (Å²) in [4.78, 5) is 32.9. The van der Waals surface area contributed by atoms with Crippen LogP contribution in [0, 0.1) is 6.92 Å². The van der Waals surface area contributed by atoms with Crippen LogP contribution < -0.4 is 0 Å². The summed E-state index contributed by atoms with van der Waals surface area (Å²) < 4.78 is 0. The van der Waals surface area contributed by atoms with E-state index in [9.17, 15) is 0 Å². The molecule has 0 bridgehead atoms. The Bertz CT molecular complexity index is 1550. The summed E-state index contributed by atoms with van der Waals surface area (Å²) in [5.41, 5.74) is 5.83. The minimum absolute atomic E-state index is 0.674. The molecule has 6 heterocycles. The maximum atomic E-state index is 4.89. The zero-order chi connectivity index (χ0) is 20.8. The van der Waals surface area contributed by atoms with E-state index >= 15 is 0 Å². The van der Waals surface area contributed by atoms with Crippen LogP contribution in [0.1, 0.15) is 4.88 Å². The number of fused-ring (bicyclic) bond motifs is 2. The van der Waals surface area contributed by atoms with Crippen molar-refractivity contribution in [1.82, 2.24) is 34.9 Å². The molecule has 0 radical (unpaired) electrons. The predicted molar refractivity (Wildman–Crippen MR) is 121 cm³/mol. The van der Waals surface area contributed by atoms with Crippen LogP contribution in [0.4, 0.5) is 0 Å². The van der Waals surface area contributed by atoms with E-state index in [1.165, 1.54) is 11.2 Å². The molecule has 0 saturated heterocycles. The molecule has 6 aromatic rings. The molecule has 1 N–H and O–H groups in total. The third-order valence-electron chi connectivity index (χ3n) is 5.08. The molecule has 0 atom stereocenters. The maximum absolute atomic E-state index is 4.89. The van der Waals surface area contributed by atoms with Gasteiger partial charge < -0.3 is 4.98 Å². The van der Waals surface area contributed by atoms with Gasteiger partial charge in [0.15, 0.2) is 5.82 Å². The van der Waals surface area contributed by atoms with Gasteiger partial charge in [0, 0.05) is 34.4 Å². The highest BCUT2D eigenvalue weighted by atomic mass is 32.1. The molecule has 0 fully saturated rings. The molecule has 0 unspecified atom stereocenters. The van der Waals surface area contributed by atoms with Gasteiger partial charge in [-0.3, -0.25) is 15.0 Å². The van der Waals surface area contributed by atoms with Gasteiger partial charge in [-0.15, -0.1) is 11.3 Å². The van der Waals surface area contributed by atoms with Gasteiger partial charge in [0.1, 0.15) is 23.2 Å². The van der Waals surface area contributed by atoms with E-state index in [-0.39, 0.29) is 0 Å². The average Bonchev–Trinajstić information content (AvgIpc) is 3.45. The Morgan fingerprint density at radius 2 is 1.87 bits per heavy atom. The third kappa shape index (κ3) is 3.04. The average molecular weight is 421 g/mol. The van der Waals surface area contributed by atoms with Crippen LogP contribution >= 0.6 is 11.3 Å². The number of pyridine rings is 3. The van der Waals surface area contributed by atoms with Crippen molar-refractivity contribution in [3.05, 3.63) is 72.4 Å². The molecule has 0 aliphatic carbocycles. The summed E-state index contributed by atoms with van der Waals surface area (Å²) in [5, 5.41) is 0.872. The van der Waals surface area contributed by atoms with Gasteiger partial charge in [-0.2, -0.15) is 0 Å². The van der Waals surface area contributed by atoms with E-state index in [1.54, 1.807) is 36.1 Å². The number of nitrogens with one attached hydrogen (secondary N) is 1. The monoisotopic (exact) mass is 421 g/mol. The standard InChI is InChI=1S/C23H15N7S/c1-13-4-5-19(31-13)22-21-16(6-8-25-22)29-23(30-21)20-15-9-17(14-3-2-7-24-10-14)26-11-18(15)27-12-28-20/h2-12H,1H3,(H,29,30). The normalized spacial score (nSPS) is 11.4. The Balaban J connectivity index is 1.55. The molecule has 148 valence electrons. The fourth-order valence-electron chi connectivity index (χ4n) is 3.61. The predicted octanol–water partition coefficient (Wildman–Crippen LogP) is 5.06. The number of aromatic amines is 1. The molecule has 7 nitrogen and oxygen atoms in total. The number of thiophene rings is 1. The van der Waals surface area contributed by atoms with Gasteiger partial charge in [0.25, 0.3) is 0 Å². The molecule has 0 aliphatic heterocycles. The van der Waals surface area contributed by atoms with E-state index < -0.39 is 0 Å². The highest BCUT2D eigenvalue weighted by Crippen LogP contribution is 2.33. The van der Waals surface area contributed by atoms with Crippen LogP contribution in [0.15, 0.2) is 67.5 Å². The van der Waals surface area contributed by atoms with E-state index in [2.05, 4.69) is 49.0 Å². The second kappa shape index (κ2) is 7.03. The zero-order valence-corrected chi connectivity index (χ0v) is 17.3. The Morgan fingerprint density at radius 1 is 0.903 bits per heavy atom. The van der Waals surface area contributed by atoms with Crippen molar-refractivity contribution in [2.45, 2.75) is 6.92 Å². The van der Waals surface area contributed by atoms with Crippen molar-refractivity contribution in [1.29, 1.82) is 0 Å².